The number of aryl methyl sites for hydroxylation is 2. The van der Waals surface area contributed by atoms with Gasteiger partial charge in [-0.25, -0.2) is 9.97 Å². The van der Waals surface area contributed by atoms with Crippen LogP contribution in [0.25, 0.3) is 11.4 Å². The molecular formula is C23H27N5O. The molecule has 1 aromatic heterocycles. The minimum absolute atomic E-state index is 0.213. The molecule has 0 aliphatic carbocycles. The second-order valence-corrected chi connectivity index (χ2v) is 7.31. The molecule has 0 atom stereocenters. The molecule has 2 aromatic carbocycles. The monoisotopic (exact) mass is 389 g/mol. The summed E-state index contributed by atoms with van der Waals surface area (Å²) in [6.07, 6.45) is 0. The minimum Gasteiger partial charge on any atom is -0.349 e. The van der Waals surface area contributed by atoms with Crippen molar-refractivity contribution in [3.05, 3.63) is 71.4 Å². The van der Waals surface area contributed by atoms with Crippen LogP contribution in [0.3, 0.4) is 0 Å². The Morgan fingerprint density at radius 2 is 1.72 bits per heavy atom. The number of benzene rings is 2. The molecule has 0 bridgehead atoms. The summed E-state index contributed by atoms with van der Waals surface area (Å²) in [5, 5.41) is 6.23. The molecule has 6 heteroatoms. The first-order valence-corrected chi connectivity index (χ1v) is 9.64. The van der Waals surface area contributed by atoms with E-state index in [1.54, 1.807) is 6.07 Å². The van der Waals surface area contributed by atoms with Crippen molar-refractivity contribution in [3.63, 3.8) is 0 Å². The minimum atomic E-state index is -0.213. The van der Waals surface area contributed by atoms with E-state index in [1.807, 2.05) is 55.4 Å². The number of nitrogens with one attached hydrogen (secondary N) is 2. The lowest BCUT2D eigenvalue weighted by Crippen LogP contribution is -2.32. The van der Waals surface area contributed by atoms with E-state index in [4.69, 9.17) is 0 Å². The van der Waals surface area contributed by atoms with Crippen molar-refractivity contribution < 1.29 is 4.79 Å². The number of nitrogens with zero attached hydrogens (tertiary/aromatic N) is 3. The van der Waals surface area contributed by atoms with E-state index in [1.165, 1.54) is 11.1 Å². The summed E-state index contributed by atoms with van der Waals surface area (Å²) in [7, 11) is 3.94. The summed E-state index contributed by atoms with van der Waals surface area (Å²) in [6, 6.07) is 17.5. The third kappa shape index (κ3) is 5.62. The molecule has 29 heavy (non-hydrogen) atoms. The van der Waals surface area contributed by atoms with Gasteiger partial charge < -0.3 is 15.5 Å². The molecule has 2 N–H and O–H groups in total. The number of hydrogen-bond donors (Lipinski definition) is 2. The predicted molar refractivity (Wildman–Crippen MR) is 118 cm³/mol. The Morgan fingerprint density at radius 3 is 2.41 bits per heavy atom. The zero-order chi connectivity index (χ0) is 20.8. The normalized spacial score (nSPS) is 10.8. The van der Waals surface area contributed by atoms with Crippen LogP contribution in [0.1, 0.15) is 21.6 Å². The molecule has 3 aromatic rings. The Bertz CT molecular complexity index is 986. The maximum atomic E-state index is 12.7. The number of rotatable bonds is 7. The lowest BCUT2D eigenvalue weighted by atomic mass is 10.1. The first kappa shape index (κ1) is 20.5. The fourth-order valence-corrected chi connectivity index (χ4v) is 2.79. The highest BCUT2D eigenvalue weighted by Crippen LogP contribution is 2.22. The van der Waals surface area contributed by atoms with Crippen molar-refractivity contribution >= 4 is 17.4 Å². The Balaban J connectivity index is 1.92. The average molecular weight is 390 g/mol. The van der Waals surface area contributed by atoms with Gasteiger partial charge in [0.2, 0.25) is 0 Å². The van der Waals surface area contributed by atoms with Crippen molar-refractivity contribution in [2.45, 2.75) is 13.8 Å². The van der Waals surface area contributed by atoms with E-state index in [9.17, 15) is 4.79 Å². The molecule has 6 nitrogen and oxygen atoms in total. The van der Waals surface area contributed by atoms with Crippen LogP contribution in [-0.2, 0) is 0 Å². The average Bonchev–Trinajstić information content (AvgIpc) is 2.71. The lowest BCUT2D eigenvalue weighted by molar-refractivity contribution is 0.0946. The van der Waals surface area contributed by atoms with Gasteiger partial charge in [-0.2, -0.15) is 0 Å². The topological polar surface area (TPSA) is 70.2 Å². The van der Waals surface area contributed by atoms with Gasteiger partial charge in [-0.3, -0.25) is 4.79 Å². The van der Waals surface area contributed by atoms with Gasteiger partial charge in [0.15, 0.2) is 5.82 Å². The molecule has 0 radical (unpaired) electrons. The second-order valence-electron chi connectivity index (χ2n) is 7.31. The quantitative estimate of drug-likeness (QED) is 0.643. The molecule has 0 spiro atoms. The number of hydrogen-bond acceptors (Lipinski definition) is 5. The van der Waals surface area contributed by atoms with Gasteiger partial charge in [0, 0.05) is 30.4 Å². The summed E-state index contributed by atoms with van der Waals surface area (Å²) in [4.78, 5) is 23.8. The first-order chi connectivity index (χ1) is 13.9. The number of carbonyl (C=O) groups is 1. The van der Waals surface area contributed by atoms with Crippen LogP contribution in [-0.4, -0.2) is 48.0 Å². The van der Waals surface area contributed by atoms with Crippen LogP contribution in [0.5, 0.6) is 0 Å². The van der Waals surface area contributed by atoms with Gasteiger partial charge in [0.05, 0.1) is 0 Å². The van der Waals surface area contributed by atoms with Crippen molar-refractivity contribution in [3.8, 4) is 11.4 Å². The van der Waals surface area contributed by atoms with E-state index in [0.29, 0.717) is 23.9 Å². The van der Waals surface area contributed by atoms with Gasteiger partial charge in [0.25, 0.3) is 5.91 Å². The third-order valence-electron chi connectivity index (χ3n) is 4.61. The third-order valence-corrected chi connectivity index (χ3v) is 4.61. The SMILES string of the molecule is Cc1ccc(Nc2cc(C(=O)NCCN(C)C)nc(-c3ccccc3)n2)cc1C. The fourth-order valence-electron chi connectivity index (χ4n) is 2.79. The van der Waals surface area contributed by atoms with E-state index in [0.717, 1.165) is 17.8 Å². The van der Waals surface area contributed by atoms with E-state index in [-0.39, 0.29) is 5.91 Å². The molecule has 1 heterocycles. The summed E-state index contributed by atoms with van der Waals surface area (Å²) >= 11 is 0. The summed E-state index contributed by atoms with van der Waals surface area (Å²) in [5.41, 5.74) is 4.53. The Labute approximate surface area is 172 Å². The van der Waals surface area contributed by atoms with E-state index >= 15 is 0 Å². The zero-order valence-corrected chi connectivity index (χ0v) is 17.4. The number of anilines is 2. The lowest BCUT2D eigenvalue weighted by Gasteiger charge is -2.13. The Kier molecular flexibility index (Phi) is 6.57. The van der Waals surface area contributed by atoms with E-state index in [2.05, 4.69) is 46.6 Å². The molecule has 0 saturated heterocycles. The molecule has 3 rings (SSSR count). The maximum absolute atomic E-state index is 12.7. The standard InChI is InChI=1S/C23H27N5O/c1-16-10-11-19(14-17(16)2)25-21-15-20(23(29)24-12-13-28(3)4)26-22(27-21)18-8-6-5-7-9-18/h5-11,14-15H,12-13H2,1-4H3,(H,24,29)(H,25,26,27). The van der Waals surface area contributed by atoms with Crippen LogP contribution in [0.15, 0.2) is 54.6 Å². The Hall–Kier alpha value is -3.25. The molecule has 150 valence electrons. The highest BCUT2D eigenvalue weighted by molar-refractivity contribution is 5.93. The molecular weight excluding hydrogens is 362 g/mol. The van der Waals surface area contributed by atoms with Crippen LogP contribution in [0.4, 0.5) is 11.5 Å². The smallest absolute Gasteiger partial charge is 0.270 e. The van der Waals surface area contributed by atoms with Crippen molar-refractivity contribution in [2.24, 2.45) is 0 Å². The van der Waals surface area contributed by atoms with Crippen LogP contribution >= 0.6 is 0 Å². The number of amides is 1. The zero-order valence-electron chi connectivity index (χ0n) is 17.4. The van der Waals surface area contributed by atoms with Gasteiger partial charge in [0.1, 0.15) is 11.5 Å². The van der Waals surface area contributed by atoms with Crippen molar-refractivity contribution in [2.75, 3.05) is 32.5 Å². The van der Waals surface area contributed by atoms with Gasteiger partial charge >= 0.3 is 0 Å². The van der Waals surface area contributed by atoms with Crippen LogP contribution in [0, 0.1) is 13.8 Å². The number of carbonyl (C=O) groups excluding carboxylic acids is 1. The van der Waals surface area contributed by atoms with Gasteiger partial charge in [-0.1, -0.05) is 36.4 Å². The van der Waals surface area contributed by atoms with Crippen LogP contribution < -0.4 is 10.6 Å². The van der Waals surface area contributed by atoms with Crippen molar-refractivity contribution in [1.82, 2.24) is 20.2 Å². The molecule has 1 amide bonds. The summed E-state index contributed by atoms with van der Waals surface area (Å²) in [5.74, 6) is 0.881. The maximum Gasteiger partial charge on any atom is 0.270 e. The number of likely N-dealkylation sites (N-methyl/N-ethyl adjacent to an activating group) is 1. The number of aromatic nitrogens is 2. The largest absolute Gasteiger partial charge is 0.349 e. The van der Waals surface area contributed by atoms with Crippen molar-refractivity contribution in [1.29, 1.82) is 0 Å². The Morgan fingerprint density at radius 1 is 0.966 bits per heavy atom. The second kappa shape index (κ2) is 9.30. The van der Waals surface area contributed by atoms with Crippen LogP contribution in [0.2, 0.25) is 0 Å². The molecule has 0 unspecified atom stereocenters. The van der Waals surface area contributed by atoms with Gasteiger partial charge in [-0.15, -0.1) is 0 Å². The first-order valence-electron chi connectivity index (χ1n) is 9.64. The molecule has 0 fully saturated rings. The van der Waals surface area contributed by atoms with E-state index < -0.39 is 0 Å². The molecule has 0 saturated carbocycles. The highest BCUT2D eigenvalue weighted by Gasteiger charge is 2.13. The summed E-state index contributed by atoms with van der Waals surface area (Å²) < 4.78 is 0. The van der Waals surface area contributed by atoms with Gasteiger partial charge in [-0.05, 0) is 51.2 Å². The molecule has 0 aliphatic heterocycles. The summed E-state index contributed by atoms with van der Waals surface area (Å²) in [6.45, 7) is 5.46. The fraction of sp³-hybridized carbons (Fsp3) is 0.261. The highest BCUT2D eigenvalue weighted by atomic mass is 16.1. The molecule has 0 aliphatic rings. The predicted octanol–water partition coefficient (Wildman–Crippen LogP) is 3.80.